The van der Waals surface area contributed by atoms with Crippen LogP contribution in [0, 0.1) is 0 Å². The number of aromatic nitrogens is 4. The molecular weight excluding hydrogens is 516 g/mol. The number of benzene rings is 1. The number of aromatic hydroxyl groups is 1. The number of amides is 2. The Labute approximate surface area is 211 Å². The third kappa shape index (κ3) is 4.61. The molecule has 14 nitrogen and oxygen atoms in total. The molecule has 1 aromatic heterocycles. The van der Waals surface area contributed by atoms with E-state index in [-0.39, 0.29) is 34.5 Å². The summed E-state index contributed by atoms with van der Waals surface area (Å²) in [6, 6.07) is 6.28. The number of carbonyl (C=O) groups is 4. The topological polar surface area (TPSA) is 197 Å². The van der Waals surface area contributed by atoms with Gasteiger partial charge in [0, 0.05) is 24.2 Å². The van der Waals surface area contributed by atoms with E-state index < -0.39 is 41.4 Å². The number of thioether (sulfide) groups is 2. The zero-order valence-corrected chi connectivity index (χ0v) is 20.3. The minimum absolute atomic E-state index is 0.0691. The lowest BCUT2D eigenvalue weighted by atomic mass is 9.97. The zero-order chi connectivity index (χ0) is 26.0. The van der Waals surface area contributed by atoms with Crippen LogP contribution in [0.1, 0.15) is 5.56 Å². The summed E-state index contributed by atoms with van der Waals surface area (Å²) in [5.74, 6) is -3.59. The number of fused-ring (bicyclic) bond motifs is 1. The van der Waals surface area contributed by atoms with Gasteiger partial charge in [-0.3, -0.25) is 19.3 Å². The van der Waals surface area contributed by atoms with Crippen LogP contribution in [0.15, 0.2) is 40.7 Å². The summed E-state index contributed by atoms with van der Waals surface area (Å²) in [6.07, 6.45) is -0.211. The van der Waals surface area contributed by atoms with Crippen molar-refractivity contribution in [3.05, 3.63) is 41.1 Å². The summed E-state index contributed by atoms with van der Waals surface area (Å²) in [5, 5.41) is 41.5. The van der Waals surface area contributed by atoms with Crippen molar-refractivity contribution >= 4 is 47.3 Å². The molecule has 0 aliphatic carbocycles. The Kier molecular flexibility index (Phi) is 7.18. The number of nitrogens with one attached hydrogen (secondary N) is 1. The minimum atomic E-state index is -1.77. The molecular formula is C20H20N6O8S2. The smallest absolute Gasteiger partial charge is 0.352 e. The van der Waals surface area contributed by atoms with Crippen molar-refractivity contribution < 1.29 is 39.2 Å². The average molecular weight is 537 g/mol. The minimum Gasteiger partial charge on any atom is -0.508 e. The first kappa shape index (κ1) is 25.5. The number of β-lactam (4-membered cyclic amide) rings is 1. The van der Waals surface area contributed by atoms with Gasteiger partial charge in [0.1, 0.15) is 23.4 Å². The standard InChI is InChI=1S/C20H20N6O8S2/c1-34-20(21-13(28)6-10-4-2-3-5-12(10)27)17(33)26-15(16(31)32)11(8-35-18(20)26)9-36-19-22-23-24-25(19)7-14(29)30/h2-5,18,27H,6-9H2,1H3,(H,21,28)(H,29,30)(H,31,32)/t18-,20?/m1/s1. The third-order valence-corrected chi connectivity index (χ3v) is 7.88. The van der Waals surface area contributed by atoms with Crippen LogP contribution < -0.4 is 5.32 Å². The quantitative estimate of drug-likeness (QED) is 0.173. The second-order valence-corrected chi connectivity index (χ2v) is 9.70. The highest BCUT2D eigenvalue weighted by molar-refractivity contribution is 8.01. The molecule has 2 atom stereocenters. The fourth-order valence-electron chi connectivity index (χ4n) is 3.82. The maximum absolute atomic E-state index is 13.2. The van der Waals surface area contributed by atoms with Crippen molar-refractivity contribution in [1.29, 1.82) is 0 Å². The first-order valence-electron chi connectivity index (χ1n) is 10.3. The fraction of sp³-hybridized carbons (Fsp3) is 0.350. The number of hydrogen-bond acceptors (Lipinski definition) is 11. The van der Waals surface area contributed by atoms with Gasteiger partial charge in [0.15, 0.2) is 0 Å². The highest BCUT2D eigenvalue weighted by atomic mass is 32.2. The number of carboxylic acids is 2. The second-order valence-electron chi connectivity index (χ2n) is 7.69. The zero-order valence-electron chi connectivity index (χ0n) is 18.7. The Hall–Kier alpha value is -3.63. The Morgan fingerprint density at radius 1 is 1.31 bits per heavy atom. The largest absolute Gasteiger partial charge is 0.508 e. The van der Waals surface area contributed by atoms with Gasteiger partial charge in [-0.2, -0.15) is 0 Å². The van der Waals surface area contributed by atoms with Crippen LogP contribution in [-0.4, -0.2) is 93.9 Å². The van der Waals surface area contributed by atoms with Crippen LogP contribution in [0.3, 0.4) is 0 Å². The van der Waals surface area contributed by atoms with Gasteiger partial charge < -0.3 is 25.4 Å². The van der Waals surface area contributed by atoms with E-state index in [9.17, 15) is 29.4 Å². The molecule has 16 heteroatoms. The number of carboxylic acid groups (broad SMARTS) is 2. The molecule has 190 valence electrons. The summed E-state index contributed by atoms with van der Waals surface area (Å²) in [4.78, 5) is 50.0. The Morgan fingerprint density at radius 3 is 2.72 bits per heavy atom. The summed E-state index contributed by atoms with van der Waals surface area (Å²) in [6.45, 7) is -0.460. The number of tetrazole rings is 1. The van der Waals surface area contributed by atoms with Crippen LogP contribution in [0.4, 0.5) is 0 Å². The lowest BCUT2D eigenvalue weighted by Crippen LogP contribution is -2.80. The number of para-hydroxylation sites is 1. The van der Waals surface area contributed by atoms with E-state index in [2.05, 4.69) is 20.8 Å². The molecule has 4 N–H and O–H groups in total. The predicted molar refractivity (Wildman–Crippen MR) is 124 cm³/mol. The number of phenols is 1. The molecule has 1 fully saturated rings. The molecule has 36 heavy (non-hydrogen) atoms. The van der Waals surface area contributed by atoms with E-state index in [0.29, 0.717) is 11.1 Å². The monoisotopic (exact) mass is 536 g/mol. The number of aliphatic carboxylic acids is 2. The van der Waals surface area contributed by atoms with E-state index in [1.165, 1.54) is 24.9 Å². The summed E-state index contributed by atoms with van der Waals surface area (Å²) >= 11 is 2.25. The number of nitrogens with zero attached hydrogens (tertiary/aromatic N) is 5. The number of methoxy groups -OCH3 is 1. The molecule has 2 aliphatic heterocycles. The van der Waals surface area contributed by atoms with Gasteiger partial charge in [-0.1, -0.05) is 30.0 Å². The van der Waals surface area contributed by atoms with Crippen molar-refractivity contribution in [3.63, 3.8) is 0 Å². The molecule has 0 radical (unpaired) electrons. The number of ether oxygens (including phenoxy) is 1. The van der Waals surface area contributed by atoms with E-state index >= 15 is 0 Å². The van der Waals surface area contributed by atoms with Crippen LogP contribution in [0.25, 0.3) is 0 Å². The van der Waals surface area contributed by atoms with Crippen molar-refractivity contribution in [2.45, 2.75) is 29.2 Å². The molecule has 3 heterocycles. The van der Waals surface area contributed by atoms with Crippen LogP contribution in [-0.2, 0) is 36.9 Å². The third-order valence-electron chi connectivity index (χ3n) is 5.46. The number of phenolic OH excluding ortho intramolecular Hbond substituents is 1. The first-order valence-corrected chi connectivity index (χ1v) is 12.4. The summed E-state index contributed by atoms with van der Waals surface area (Å²) < 4.78 is 6.48. The van der Waals surface area contributed by atoms with Gasteiger partial charge in [-0.15, -0.1) is 16.9 Å². The Morgan fingerprint density at radius 2 is 2.06 bits per heavy atom. The predicted octanol–water partition coefficient (Wildman–Crippen LogP) is -0.489. The number of rotatable bonds is 10. The lowest BCUT2D eigenvalue weighted by molar-refractivity contribution is -0.192. The van der Waals surface area contributed by atoms with E-state index in [1.54, 1.807) is 18.2 Å². The summed E-state index contributed by atoms with van der Waals surface area (Å²) in [7, 11) is 1.24. The van der Waals surface area contributed by atoms with Crippen LogP contribution in [0.2, 0.25) is 0 Å². The highest BCUT2D eigenvalue weighted by Gasteiger charge is 2.66. The average Bonchev–Trinajstić information content (AvgIpc) is 3.27. The molecule has 4 rings (SSSR count). The van der Waals surface area contributed by atoms with E-state index in [4.69, 9.17) is 9.84 Å². The van der Waals surface area contributed by atoms with Gasteiger partial charge in [-0.25, -0.2) is 9.48 Å². The lowest BCUT2D eigenvalue weighted by Gasteiger charge is -2.55. The Balaban J connectivity index is 1.51. The SMILES string of the molecule is COC1(NC(=O)Cc2ccccc2O)C(=O)N2C(C(=O)O)=C(CSc3nnnn3CC(=O)O)CS[C@@H]21. The normalized spacial score (nSPS) is 21.1. The van der Waals surface area contributed by atoms with Gasteiger partial charge in [0.2, 0.25) is 11.1 Å². The van der Waals surface area contributed by atoms with Gasteiger partial charge in [0.05, 0.1) is 6.42 Å². The van der Waals surface area contributed by atoms with Crippen molar-refractivity contribution in [3.8, 4) is 5.75 Å². The molecule has 2 aromatic rings. The summed E-state index contributed by atoms with van der Waals surface area (Å²) in [5.41, 5.74) is -1.25. The van der Waals surface area contributed by atoms with Crippen LogP contribution in [0.5, 0.6) is 5.75 Å². The first-order chi connectivity index (χ1) is 17.2. The van der Waals surface area contributed by atoms with Crippen molar-refractivity contribution in [2.24, 2.45) is 0 Å². The maximum atomic E-state index is 13.2. The fourth-order valence-corrected chi connectivity index (χ4v) is 6.27. The number of carbonyl (C=O) groups excluding carboxylic acids is 2. The van der Waals surface area contributed by atoms with E-state index in [1.807, 2.05) is 0 Å². The molecule has 1 unspecified atom stereocenters. The second kappa shape index (κ2) is 10.2. The Bertz CT molecular complexity index is 1270. The molecule has 1 saturated heterocycles. The highest BCUT2D eigenvalue weighted by Crippen LogP contribution is 2.47. The van der Waals surface area contributed by atoms with Gasteiger partial charge in [0.25, 0.3) is 11.6 Å². The van der Waals surface area contributed by atoms with Gasteiger partial charge in [-0.05, 0) is 22.1 Å². The van der Waals surface area contributed by atoms with Crippen molar-refractivity contribution in [1.82, 2.24) is 30.4 Å². The molecule has 2 aliphatic rings. The molecule has 2 amide bonds. The van der Waals surface area contributed by atoms with Crippen LogP contribution >= 0.6 is 23.5 Å². The number of hydrogen-bond donors (Lipinski definition) is 4. The molecule has 1 aromatic carbocycles. The molecule has 0 spiro atoms. The van der Waals surface area contributed by atoms with Crippen molar-refractivity contribution in [2.75, 3.05) is 18.6 Å². The van der Waals surface area contributed by atoms with Gasteiger partial charge >= 0.3 is 11.9 Å². The van der Waals surface area contributed by atoms with E-state index in [0.717, 1.165) is 21.3 Å². The molecule has 0 bridgehead atoms. The molecule has 0 saturated carbocycles. The maximum Gasteiger partial charge on any atom is 0.352 e.